The Balaban J connectivity index is 1.85. The molecule has 7 heteroatoms. The van der Waals surface area contributed by atoms with Crippen LogP contribution >= 0.6 is 11.3 Å². The molecule has 0 aliphatic carbocycles. The predicted molar refractivity (Wildman–Crippen MR) is 97.2 cm³/mol. The molecule has 3 rings (SSSR count). The molecule has 0 saturated heterocycles. The molecule has 1 aliphatic heterocycles. The second-order valence-electron chi connectivity index (χ2n) is 6.04. The quantitative estimate of drug-likeness (QED) is 0.838. The van der Waals surface area contributed by atoms with Crippen molar-refractivity contribution in [3.05, 3.63) is 51.7 Å². The summed E-state index contributed by atoms with van der Waals surface area (Å²) in [5.74, 6) is -0.0588. The topological polar surface area (TPSA) is 57.7 Å². The lowest BCUT2D eigenvalue weighted by molar-refractivity contribution is 0.0745. The Morgan fingerprint density at radius 3 is 2.71 bits per heavy atom. The monoisotopic (exact) mass is 364 g/mol. The second kappa shape index (κ2) is 6.22. The van der Waals surface area contributed by atoms with Crippen LogP contribution in [0.4, 0.5) is 5.69 Å². The van der Waals surface area contributed by atoms with Gasteiger partial charge in [0.2, 0.25) is 10.0 Å². The number of nitrogens with zero attached hydrogens (tertiary/aromatic N) is 2. The Hall–Kier alpha value is -1.86. The zero-order chi connectivity index (χ0) is 17.5. The van der Waals surface area contributed by atoms with E-state index in [0.717, 1.165) is 10.4 Å². The molecule has 1 aromatic heterocycles. The number of carbonyl (C=O) groups excluding carboxylic acids is 1. The van der Waals surface area contributed by atoms with E-state index in [9.17, 15) is 13.2 Å². The summed E-state index contributed by atoms with van der Waals surface area (Å²) in [5.41, 5.74) is 2.18. The highest BCUT2D eigenvalue weighted by molar-refractivity contribution is 7.92. The fraction of sp³-hybridized carbons (Fsp3) is 0.353. The van der Waals surface area contributed by atoms with Gasteiger partial charge in [-0.1, -0.05) is 6.07 Å². The van der Waals surface area contributed by atoms with Crippen molar-refractivity contribution in [1.29, 1.82) is 0 Å². The summed E-state index contributed by atoms with van der Waals surface area (Å²) in [6, 6.07) is 9.26. The molecular formula is C17H20N2O3S2. The van der Waals surface area contributed by atoms with Crippen molar-refractivity contribution in [3.8, 4) is 0 Å². The molecule has 1 amide bonds. The van der Waals surface area contributed by atoms with E-state index in [1.807, 2.05) is 30.5 Å². The van der Waals surface area contributed by atoms with Crippen molar-refractivity contribution in [1.82, 2.24) is 4.90 Å². The van der Waals surface area contributed by atoms with E-state index in [2.05, 4.69) is 0 Å². The lowest BCUT2D eigenvalue weighted by Crippen LogP contribution is -2.29. The lowest BCUT2D eigenvalue weighted by Gasteiger charge is -2.24. The second-order valence-corrected chi connectivity index (χ2v) is 8.92. The first-order valence-corrected chi connectivity index (χ1v) is 10.4. The van der Waals surface area contributed by atoms with Crippen LogP contribution in [-0.4, -0.2) is 39.1 Å². The third-order valence-electron chi connectivity index (χ3n) is 4.44. The van der Waals surface area contributed by atoms with Crippen LogP contribution in [0.1, 0.15) is 33.8 Å². The fourth-order valence-electron chi connectivity index (χ4n) is 2.95. The largest absolute Gasteiger partial charge is 0.334 e. The van der Waals surface area contributed by atoms with Gasteiger partial charge in [-0.25, -0.2) is 8.42 Å². The van der Waals surface area contributed by atoms with Gasteiger partial charge in [0.1, 0.15) is 0 Å². The number of hydrogen-bond acceptors (Lipinski definition) is 4. The van der Waals surface area contributed by atoms with Crippen LogP contribution in [0.15, 0.2) is 35.7 Å². The van der Waals surface area contributed by atoms with E-state index in [4.69, 9.17) is 0 Å². The average molecular weight is 364 g/mol. The minimum absolute atomic E-state index is 0.00160. The van der Waals surface area contributed by atoms with Crippen molar-refractivity contribution < 1.29 is 13.2 Å². The van der Waals surface area contributed by atoms with Crippen LogP contribution < -0.4 is 4.31 Å². The zero-order valence-corrected chi connectivity index (χ0v) is 15.5. The van der Waals surface area contributed by atoms with Crippen LogP contribution in [0, 0.1) is 0 Å². The first-order chi connectivity index (χ1) is 11.3. The molecule has 0 fully saturated rings. The minimum atomic E-state index is -3.27. The molecule has 0 radical (unpaired) electrons. The first kappa shape index (κ1) is 17.0. The highest BCUT2D eigenvalue weighted by Crippen LogP contribution is 2.32. The number of fused-ring (bicyclic) bond motifs is 1. The molecule has 24 heavy (non-hydrogen) atoms. The Morgan fingerprint density at radius 2 is 2.08 bits per heavy atom. The third kappa shape index (κ3) is 3.06. The summed E-state index contributed by atoms with van der Waals surface area (Å²) in [7, 11) is -1.47. The number of carbonyl (C=O) groups is 1. The summed E-state index contributed by atoms with van der Waals surface area (Å²) in [6.07, 6.45) is 1.84. The molecule has 1 aliphatic rings. The average Bonchev–Trinajstić information content (AvgIpc) is 3.20. The molecule has 0 N–H and O–H groups in total. The molecule has 2 aromatic rings. The zero-order valence-electron chi connectivity index (χ0n) is 13.9. The van der Waals surface area contributed by atoms with Gasteiger partial charge >= 0.3 is 0 Å². The van der Waals surface area contributed by atoms with Crippen LogP contribution in [0.5, 0.6) is 0 Å². The van der Waals surface area contributed by atoms with E-state index in [1.54, 1.807) is 35.4 Å². The van der Waals surface area contributed by atoms with Crippen molar-refractivity contribution >= 4 is 33.0 Å². The SMILES string of the molecule is C[C@@H](c1cccs1)N(C)C(=O)c1ccc2c(c1)CCN2S(C)(=O)=O. The number of benzene rings is 1. The number of anilines is 1. The van der Waals surface area contributed by atoms with Crippen molar-refractivity contribution in [2.75, 3.05) is 24.2 Å². The molecule has 0 unspecified atom stereocenters. The number of hydrogen-bond donors (Lipinski definition) is 0. The third-order valence-corrected chi connectivity index (χ3v) is 6.66. The van der Waals surface area contributed by atoms with Crippen molar-refractivity contribution in [2.45, 2.75) is 19.4 Å². The van der Waals surface area contributed by atoms with Crippen molar-refractivity contribution in [2.24, 2.45) is 0 Å². The molecule has 0 bridgehead atoms. The van der Waals surface area contributed by atoms with Gasteiger partial charge in [0.05, 0.1) is 18.0 Å². The minimum Gasteiger partial charge on any atom is -0.334 e. The summed E-state index contributed by atoms with van der Waals surface area (Å²) in [5, 5.41) is 2.00. The number of sulfonamides is 1. The lowest BCUT2D eigenvalue weighted by atomic mass is 10.1. The Kier molecular flexibility index (Phi) is 4.40. The van der Waals surface area contributed by atoms with Gasteiger partial charge in [0.25, 0.3) is 5.91 Å². The maximum Gasteiger partial charge on any atom is 0.254 e. The van der Waals surface area contributed by atoms with Gasteiger partial charge < -0.3 is 4.90 Å². The molecule has 1 atom stereocenters. The van der Waals surface area contributed by atoms with Crippen LogP contribution in [-0.2, 0) is 16.4 Å². The van der Waals surface area contributed by atoms with E-state index < -0.39 is 10.0 Å². The van der Waals surface area contributed by atoms with Crippen LogP contribution in [0.25, 0.3) is 0 Å². The van der Waals surface area contributed by atoms with E-state index in [1.165, 1.54) is 10.6 Å². The Morgan fingerprint density at radius 1 is 1.33 bits per heavy atom. The predicted octanol–water partition coefficient (Wildman–Crippen LogP) is 2.90. The van der Waals surface area contributed by atoms with Crippen molar-refractivity contribution in [3.63, 3.8) is 0 Å². The van der Waals surface area contributed by atoms with Crippen LogP contribution in [0.3, 0.4) is 0 Å². The normalized spacial score (nSPS) is 15.2. The molecular weight excluding hydrogens is 344 g/mol. The summed E-state index contributed by atoms with van der Waals surface area (Å²) < 4.78 is 25.0. The maximum absolute atomic E-state index is 12.8. The fourth-order valence-corrected chi connectivity index (χ4v) is 4.73. The van der Waals surface area contributed by atoms with Gasteiger partial charge in [-0.05, 0) is 48.6 Å². The molecule has 128 valence electrons. The molecule has 0 spiro atoms. The molecule has 2 heterocycles. The number of amides is 1. The Bertz CT molecular complexity index is 860. The smallest absolute Gasteiger partial charge is 0.254 e. The van der Waals surface area contributed by atoms with Gasteiger partial charge in [0.15, 0.2) is 0 Å². The molecule has 1 aromatic carbocycles. The van der Waals surface area contributed by atoms with Crippen LogP contribution in [0.2, 0.25) is 0 Å². The number of thiophene rings is 1. The highest BCUT2D eigenvalue weighted by Gasteiger charge is 2.27. The standard InChI is InChI=1S/C17H20N2O3S2/c1-12(16-5-4-10-23-16)18(2)17(20)14-6-7-15-13(11-14)8-9-19(15)24(3,21)22/h4-7,10-12H,8-9H2,1-3H3/t12-/m0/s1. The van der Waals surface area contributed by atoms with Gasteiger partial charge in [-0.2, -0.15) is 0 Å². The highest BCUT2D eigenvalue weighted by atomic mass is 32.2. The summed E-state index contributed by atoms with van der Waals surface area (Å²) in [6.45, 7) is 2.44. The first-order valence-electron chi connectivity index (χ1n) is 7.70. The van der Waals surface area contributed by atoms with E-state index in [-0.39, 0.29) is 11.9 Å². The molecule has 0 saturated carbocycles. The number of rotatable bonds is 4. The van der Waals surface area contributed by atoms with E-state index >= 15 is 0 Å². The van der Waals surface area contributed by atoms with E-state index in [0.29, 0.717) is 24.2 Å². The summed E-state index contributed by atoms with van der Waals surface area (Å²) in [4.78, 5) is 15.6. The van der Waals surface area contributed by atoms with Gasteiger partial charge in [0, 0.05) is 24.0 Å². The molecule has 5 nitrogen and oxygen atoms in total. The Labute approximate surface area is 146 Å². The maximum atomic E-state index is 12.8. The van der Waals surface area contributed by atoms with Gasteiger partial charge in [-0.15, -0.1) is 11.3 Å². The summed E-state index contributed by atoms with van der Waals surface area (Å²) >= 11 is 1.63. The van der Waals surface area contributed by atoms with Gasteiger partial charge in [-0.3, -0.25) is 9.10 Å².